The van der Waals surface area contributed by atoms with Gasteiger partial charge in [0.1, 0.15) is 0 Å². The van der Waals surface area contributed by atoms with Crippen molar-refractivity contribution in [1.29, 1.82) is 0 Å². The zero-order valence-corrected chi connectivity index (χ0v) is 9.44. The molecule has 1 aliphatic heterocycles. The van der Waals surface area contributed by atoms with Gasteiger partial charge < -0.3 is 10.0 Å². The molecule has 0 saturated carbocycles. The van der Waals surface area contributed by atoms with Crippen molar-refractivity contribution in [3.63, 3.8) is 0 Å². The van der Waals surface area contributed by atoms with Crippen LogP contribution >= 0.6 is 0 Å². The van der Waals surface area contributed by atoms with Crippen LogP contribution in [0.5, 0.6) is 0 Å². The summed E-state index contributed by atoms with van der Waals surface area (Å²) in [5, 5.41) is 7.53. The number of para-hydroxylation sites is 1. The SMILES string of the molecule is CN1CC(C(=O)O)S(=O)(=O)c2ccccc21. The molecule has 1 aromatic carbocycles. The Morgan fingerprint density at radius 2 is 2.06 bits per heavy atom. The van der Waals surface area contributed by atoms with Crippen molar-refractivity contribution in [1.82, 2.24) is 0 Å². The van der Waals surface area contributed by atoms with E-state index in [9.17, 15) is 13.2 Å². The van der Waals surface area contributed by atoms with Gasteiger partial charge in [0.05, 0.1) is 10.6 Å². The molecule has 6 heteroatoms. The van der Waals surface area contributed by atoms with Gasteiger partial charge in [-0.25, -0.2) is 8.42 Å². The van der Waals surface area contributed by atoms with E-state index >= 15 is 0 Å². The van der Waals surface area contributed by atoms with Crippen molar-refractivity contribution < 1.29 is 18.3 Å². The Balaban J connectivity index is 2.66. The molecule has 0 aliphatic carbocycles. The highest BCUT2D eigenvalue weighted by Crippen LogP contribution is 2.32. The van der Waals surface area contributed by atoms with Gasteiger partial charge in [0, 0.05) is 13.6 Å². The van der Waals surface area contributed by atoms with E-state index in [1.54, 1.807) is 30.1 Å². The van der Waals surface area contributed by atoms with E-state index in [1.807, 2.05) is 0 Å². The number of anilines is 1. The minimum atomic E-state index is -3.76. The normalized spacial score (nSPS) is 22.6. The van der Waals surface area contributed by atoms with Gasteiger partial charge in [-0.1, -0.05) is 12.1 Å². The summed E-state index contributed by atoms with van der Waals surface area (Å²) >= 11 is 0. The standard InChI is InChI=1S/C10H11NO4S/c1-11-6-9(10(12)13)16(14,15)8-5-3-2-4-7(8)11/h2-5,9H,6H2,1H3,(H,12,13). The van der Waals surface area contributed by atoms with Crippen LogP contribution in [0.4, 0.5) is 5.69 Å². The van der Waals surface area contributed by atoms with Gasteiger partial charge in [-0.05, 0) is 12.1 Å². The summed E-state index contributed by atoms with van der Waals surface area (Å²) < 4.78 is 24.0. The number of aliphatic carboxylic acids is 1. The third kappa shape index (κ3) is 1.46. The number of fused-ring (bicyclic) bond motifs is 1. The average Bonchev–Trinajstić information content (AvgIpc) is 2.23. The van der Waals surface area contributed by atoms with Gasteiger partial charge in [0.2, 0.25) is 0 Å². The first-order valence-electron chi connectivity index (χ1n) is 4.71. The highest BCUT2D eigenvalue weighted by molar-refractivity contribution is 7.93. The molecule has 5 nitrogen and oxygen atoms in total. The van der Waals surface area contributed by atoms with Crippen LogP contribution < -0.4 is 4.90 Å². The molecule has 1 aromatic rings. The van der Waals surface area contributed by atoms with Crippen molar-refractivity contribution in [3.8, 4) is 0 Å². The van der Waals surface area contributed by atoms with Gasteiger partial charge >= 0.3 is 5.97 Å². The van der Waals surface area contributed by atoms with Crippen molar-refractivity contribution in [2.75, 3.05) is 18.5 Å². The molecule has 1 atom stereocenters. The Hall–Kier alpha value is -1.56. The Morgan fingerprint density at radius 1 is 1.44 bits per heavy atom. The van der Waals surface area contributed by atoms with Crippen LogP contribution in [0, 0.1) is 0 Å². The summed E-state index contributed by atoms with van der Waals surface area (Å²) in [7, 11) is -2.07. The fourth-order valence-corrected chi connectivity index (χ4v) is 3.60. The minimum absolute atomic E-state index is 0.0192. The highest BCUT2D eigenvalue weighted by atomic mass is 32.2. The van der Waals surface area contributed by atoms with Crippen molar-refractivity contribution in [2.24, 2.45) is 0 Å². The summed E-state index contributed by atoms with van der Waals surface area (Å²) in [6, 6.07) is 6.43. The Labute approximate surface area is 93.2 Å². The highest BCUT2D eigenvalue weighted by Gasteiger charge is 2.40. The molecular weight excluding hydrogens is 230 g/mol. The molecular formula is C10H11NO4S. The molecule has 2 rings (SSSR count). The van der Waals surface area contributed by atoms with Crippen LogP contribution in [0.1, 0.15) is 0 Å². The van der Waals surface area contributed by atoms with Gasteiger partial charge in [-0.3, -0.25) is 4.79 Å². The zero-order chi connectivity index (χ0) is 11.9. The monoisotopic (exact) mass is 241 g/mol. The van der Waals surface area contributed by atoms with E-state index in [2.05, 4.69) is 0 Å². The largest absolute Gasteiger partial charge is 0.480 e. The number of carbonyl (C=O) groups is 1. The summed E-state index contributed by atoms with van der Waals surface area (Å²) in [5.74, 6) is -1.30. The Bertz CT molecular complexity index is 538. The molecule has 1 aliphatic rings. The van der Waals surface area contributed by atoms with Crippen LogP contribution in [-0.4, -0.2) is 38.3 Å². The van der Waals surface area contributed by atoms with E-state index in [4.69, 9.17) is 5.11 Å². The van der Waals surface area contributed by atoms with Crippen molar-refractivity contribution in [2.45, 2.75) is 10.1 Å². The quantitative estimate of drug-likeness (QED) is 0.768. The molecule has 16 heavy (non-hydrogen) atoms. The first kappa shape index (κ1) is 10.9. The number of sulfone groups is 1. The Morgan fingerprint density at radius 3 is 2.69 bits per heavy atom. The maximum Gasteiger partial charge on any atom is 0.324 e. The maximum absolute atomic E-state index is 12.0. The minimum Gasteiger partial charge on any atom is -0.480 e. The lowest BCUT2D eigenvalue weighted by molar-refractivity contribution is -0.136. The second-order valence-electron chi connectivity index (χ2n) is 3.72. The summed E-state index contributed by atoms with van der Waals surface area (Å²) in [6.45, 7) is -0.0192. The molecule has 0 radical (unpaired) electrons. The van der Waals surface area contributed by atoms with Crippen molar-refractivity contribution in [3.05, 3.63) is 24.3 Å². The lowest BCUT2D eigenvalue weighted by atomic mass is 10.2. The average molecular weight is 241 g/mol. The molecule has 1 heterocycles. The third-order valence-electron chi connectivity index (χ3n) is 2.67. The molecule has 86 valence electrons. The molecule has 0 bridgehead atoms. The second kappa shape index (κ2) is 3.48. The van der Waals surface area contributed by atoms with E-state index in [1.165, 1.54) is 6.07 Å². The van der Waals surface area contributed by atoms with Crippen LogP contribution in [0.25, 0.3) is 0 Å². The molecule has 0 spiro atoms. The number of benzene rings is 1. The van der Waals surface area contributed by atoms with Gasteiger partial charge in [-0.2, -0.15) is 0 Å². The lowest BCUT2D eigenvalue weighted by Crippen LogP contribution is -2.44. The fraction of sp³-hybridized carbons (Fsp3) is 0.300. The maximum atomic E-state index is 12.0. The lowest BCUT2D eigenvalue weighted by Gasteiger charge is -2.30. The Kier molecular flexibility index (Phi) is 2.38. The van der Waals surface area contributed by atoms with E-state index < -0.39 is 21.1 Å². The number of carboxylic acids is 1. The van der Waals surface area contributed by atoms with E-state index in [0.717, 1.165) is 0 Å². The predicted molar refractivity (Wildman–Crippen MR) is 58.3 cm³/mol. The van der Waals surface area contributed by atoms with Gasteiger partial charge in [-0.15, -0.1) is 0 Å². The van der Waals surface area contributed by atoms with Crippen LogP contribution in [0.2, 0.25) is 0 Å². The molecule has 0 aromatic heterocycles. The van der Waals surface area contributed by atoms with E-state index in [0.29, 0.717) is 5.69 Å². The number of hydrogen-bond donors (Lipinski definition) is 1. The first-order valence-corrected chi connectivity index (χ1v) is 6.26. The topological polar surface area (TPSA) is 74.7 Å². The number of nitrogens with zero attached hydrogens (tertiary/aromatic N) is 1. The van der Waals surface area contributed by atoms with Gasteiger partial charge in [0.25, 0.3) is 0 Å². The van der Waals surface area contributed by atoms with Gasteiger partial charge in [0.15, 0.2) is 15.1 Å². The molecule has 1 unspecified atom stereocenters. The summed E-state index contributed by atoms with van der Waals surface area (Å²) in [6.07, 6.45) is 0. The molecule has 0 fully saturated rings. The number of hydrogen-bond acceptors (Lipinski definition) is 4. The van der Waals surface area contributed by atoms with Crippen LogP contribution in [0.3, 0.4) is 0 Å². The fourth-order valence-electron chi connectivity index (χ4n) is 1.82. The van der Waals surface area contributed by atoms with Crippen LogP contribution in [-0.2, 0) is 14.6 Å². The molecule has 1 N–H and O–H groups in total. The summed E-state index contributed by atoms with van der Waals surface area (Å²) in [5.41, 5.74) is 0.556. The van der Waals surface area contributed by atoms with E-state index in [-0.39, 0.29) is 11.4 Å². The number of rotatable bonds is 1. The first-order chi connectivity index (χ1) is 7.44. The molecule has 0 amide bonds. The zero-order valence-electron chi connectivity index (χ0n) is 8.62. The second-order valence-corrected chi connectivity index (χ2v) is 5.82. The van der Waals surface area contributed by atoms with Crippen LogP contribution in [0.15, 0.2) is 29.2 Å². The third-order valence-corrected chi connectivity index (χ3v) is 4.73. The summed E-state index contributed by atoms with van der Waals surface area (Å²) in [4.78, 5) is 12.7. The smallest absolute Gasteiger partial charge is 0.324 e. The number of carboxylic acid groups (broad SMARTS) is 1. The van der Waals surface area contributed by atoms with Crippen molar-refractivity contribution >= 4 is 21.5 Å². The molecule has 0 saturated heterocycles. The predicted octanol–water partition coefficient (Wildman–Crippen LogP) is 0.363.